The van der Waals surface area contributed by atoms with E-state index in [4.69, 9.17) is 0 Å². The number of benzene rings is 1. The quantitative estimate of drug-likeness (QED) is 0.688. The van der Waals surface area contributed by atoms with Crippen LogP contribution in [0.4, 0.5) is 10.5 Å². The van der Waals surface area contributed by atoms with E-state index >= 15 is 0 Å². The lowest BCUT2D eigenvalue weighted by atomic mass is 10.0. The minimum Gasteiger partial charge on any atom is -0.453 e. The van der Waals surface area contributed by atoms with Crippen molar-refractivity contribution in [1.29, 1.82) is 0 Å². The van der Waals surface area contributed by atoms with Gasteiger partial charge >= 0.3 is 6.09 Å². The highest BCUT2D eigenvalue weighted by Crippen LogP contribution is 2.26. The molecule has 0 bridgehead atoms. The number of amides is 1. The molecule has 0 fully saturated rings. The Labute approximate surface area is 120 Å². The Hall–Kier alpha value is -2.96. The predicted molar refractivity (Wildman–Crippen MR) is 75.6 cm³/mol. The zero-order chi connectivity index (χ0) is 15.2. The second-order valence-corrected chi connectivity index (χ2v) is 4.19. The van der Waals surface area contributed by atoms with Gasteiger partial charge in [-0.3, -0.25) is 15.1 Å². The zero-order valence-corrected chi connectivity index (χ0v) is 11.3. The van der Waals surface area contributed by atoms with Crippen LogP contribution in [0, 0.1) is 10.1 Å². The van der Waals surface area contributed by atoms with Crippen LogP contribution < -0.4 is 5.32 Å². The molecule has 0 aliphatic heterocycles. The molecule has 1 aromatic heterocycles. The highest BCUT2D eigenvalue weighted by Gasteiger charge is 2.13. The number of non-ortho nitro benzene ring substituents is 1. The van der Waals surface area contributed by atoms with Crippen molar-refractivity contribution in [2.24, 2.45) is 0 Å². The summed E-state index contributed by atoms with van der Waals surface area (Å²) in [6.07, 6.45) is 2.70. The molecule has 0 atom stereocenters. The van der Waals surface area contributed by atoms with E-state index in [0.29, 0.717) is 5.56 Å². The molecule has 1 amide bonds. The molecule has 0 saturated heterocycles. The summed E-state index contributed by atoms with van der Waals surface area (Å²) in [5, 5.41) is 13.4. The predicted octanol–water partition coefficient (Wildman–Crippen LogP) is 2.51. The number of hydrogen-bond donors (Lipinski definition) is 1. The first-order chi connectivity index (χ1) is 10.1. The van der Waals surface area contributed by atoms with E-state index in [0.717, 1.165) is 11.1 Å². The summed E-state index contributed by atoms with van der Waals surface area (Å²) in [5.74, 6) is 0. The van der Waals surface area contributed by atoms with Gasteiger partial charge in [0.2, 0.25) is 0 Å². The van der Waals surface area contributed by atoms with Crippen molar-refractivity contribution in [3.63, 3.8) is 0 Å². The van der Waals surface area contributed by atoms with Crippen LogP contribution in [0.1, 0.15) is 5.56 Å². The van der Waals surface area contributed by atoms with Crippen LogP contribution in [0.3, 0.4) is 0 Å². The number of methoxy groups -OCH3 is 1. The summed E-state index contributed by atoms with van der Waals surface area (Å²) in [6.45, 7) is 0.124. The largest absolute Gasteiger partial charge is 0.453 e. The number of carbonyl (C=O) groups is 1. The van der Waals surface area contributed by atoms with E-state index in [-0.39, 0.29) is 12.2 Å². The smallest absolute Gasteiger partial charge is 0.407 e. The van der Waals surface area contributed by atoms with Crippen LogP contribution in [0.5, 0.6) is 0 Å². The number of nitro benzene ring substituents is 1. The van der Waals surface area contributed by atoms with Gasteiger partial charge in [0, 0.05) is 36.6 Å². The molecular formula is C14H13N3O4. The van der Waals surface area contributed by atoms with E-state index in [1.165, 1.54) is 19.2 Å². The average Bonchev–Trinajstić information content (AvgIpc) is 2.53. The van der Waals surface area contributed by atoms with Crippen molar-refractivity contribution in [2.75, 3.05) is 7.11 Å². The maximum absolute atomic E-state index is 11.2. The first-order valence-corrected chi connectivity index (χ1v) is 6.11. The normalized spacial score (nSPS) is 9.95. The van der Waals surface area contributed by atoms with Crippen LogP contribution in [0.2, 0.25) is 0 Å². The van der Waals surface area contributed by atoms with E-state index < -0.39 is 11.0 Å². The summed E-state index contributed by atoms with van der Waals surface area (Å²) < 4.78 is 4.50. The lowest BCUT2D eigenvalue weighted by Crippen LogP contribution is -2.22. The van der Waals surface area contributed by atoms with E-state index in [2.05, 4.69) is 15.0 Å². The van der Waals surface area contributed by atoms with Crippen molar-refractivity contribution in [1.82, 2.24) is 10.3 Å². The van der Waals surface area contributed by atoms with Crippen LogP contribution in [-0.2, 0) is 11.3 Å². The minimum absolute atomic E-state index is 0.0377. The molecule has 1 N–H and O–H groups in total. The Morgan fingerprint density at radius 1 is 1.43 bits per heavy atom. The van der Waals surface area contributed by atoms with Gasteiger partial charge in [-0.1, -0.05) is 6.07 Å². The molecule has 0 saturated carbocycles. The Balaban J connectivity index is 2.39. The van der Waals surface area contributed by atoms with Crippen LogP contribution in [-0.4, -0.2) is 23.1 Å². The summed E-state index contributed by atoms with van der Waals surface area (Å²) in [4.78, 5) is 25.6. The van der Waals surface area contributed by atoms with Crippen LogP contribution in [0.15, 0.2) is 42.7 Å². The lowest BCUT2D eigenvalue weighted by Gasteiger charge is -2.10. The summed E-state index contributed by atoms with van der Waals surface area (Å²) in [7, 11) is 1.25. The van der Waals surface area contributed by atoms with Crippen LogP contribution >= 0.6 is 0 Å². The molecule has 1 heterocycles. The second kappa shape index (κ2) is 6.47. The molecule has 0 unspecified atom stereocenters. The Bertz CT molecular complexity index is 659. The minimum atomic E-state index is -0.598. The third-order valence-electron chi connectivity index (χ3n) is 2.88. The molecule has 0 spiro atoms. The Kier molecular flexibility index (Phi) is 4.45. The molecule has 1 aromatic carbocycles. The SMILES string of the molecule is COC(=O)NCc1cc([N+](=O)[O-])ccc1-c1cccnc1. The number of pyridine rings is 1. The van der Waals surface area contributed by atoms with Gasteiger partial charge in [-0.25, -0.2) is 4.79 Å². The van der Waals surface area contributed by atoms with E-state index in [9.17, 15) is 14.9 Å². The maximum Gasteiger partial charge on any atom is 0.407 e. The average molecular weight is 287 g/mol. The number of hydrogen-bond acceptors (Lipinski definition) is 5. The number of ether oxygens (including phenoxy) is 1. The summed E-state index contributed by atoms with van der Waals surface area (Å²) >= 11 is 0. The van der Waals surface area contributed by atoms with Gasteiger partial charge in [-0.2, -0.15) is 0 Å². The fourth-order valence-electron chi connectivity index (χ4n) is 1.88. The van der Waals surface area contributed by atoms with Crippen molar-refractivity contribution >= 4 is 11.8 Å². The van der Waals surface area contributed by atoms with Crippen molar-refractivity contribution in [3.05, 3.63) is 58.4 Å². The number of nitrogens with one attached hydrogen (secondary N) is 1. The summed E-state index contributed by atoms with van der Waals surface area (Å²) in [5.41, 5.74) is 2.16. The first-order valence-electron chi connectivity index (χ1n) is 6.11. The van der Waals surface area contributed by atoms with Crippen molar-refractivity contribution in [3.8, 4) is 11.1 Å². The third kappa shape index (κ3) is 3.53. The van der Waals surface area contributed by atoms with Gasteiger partial charge in [0.05, 0.1) is 12.0 Å². The Morgan fingerprint density at radius 3 is 2.86 bits per heavy atom. The van der Waals surface area contributed by atoms with Gasteiger partial charge in [0.15, 0.2) is 0 Å². The number of alkyl carbamates (subject to hydrolysis) is 1. The Morgan fingerprint density at radius 2 is 2.24 bits per heavy atom. The van der Waals surface area contributed by atoms with Gasteiger partial charge < -0.3 is 10.1 Å². The molecule has 2 aromatic rings. The molecule has 108 valence electrons. The van der Waals surface area contributed by atoms with Gasteiger partial charge in [-0.05, 0) is 23.3 Å². The number of nitro groups is 1. The number of rotatable bonds is 4. The number of nitrogens with zero attached hydrogens (tertiary/aromatic N) is 2. The van der Waals surface area contributed by atoms with E-state index in [1.54, 1.807) is 24.5 Å². The highest BCUT2D eigenvalue weighted by molar-refractivity contribution is 5.71. The molecule has 7 heteroatoms. The van der Waals surface area contributed by atoms with Crippen molar-refractivity contribution < 1.29 is 14.5 Å². The molecule has 0 aliphatic rings. The first kappa shape index (κ1) is 14.4. The molecule has 0 radical (unpaired) electrons. The second-order valence-electron chi connectivity index (χ2n) is 4.19. The monoisotopic (exact) mass is 287 g/mol. The fraction of sp³-hybridized carbons (Fsp3) is 0.143. The lowest BCUT2D eigenvalue weighted by molar-refractivity contribution is -0.384. The molecular weight excluding hydrogens is 274 g/mol. The molecule has 2 rings (SSSR count). The van der Waals surface area contributed by atoms with Gasteiger partial charge in [0.25, 0.3) is 5.69 Å². The zero-order valence-electron chi connectivity index (χ0n) is 11.3. The fourth-order valence-corrected chi connectivity index (χ4v) is 1.88. The maximum atomic E-state index is 11.2. The topological polar surface area (TPSA) is 94.4 Å². The molecule has 0 aliphatic carbocycles. The van der Waals surface area contributed by atoms with Crippen LogP contribution in [0.25, 0.3) is 11.1 Å². The van der Waals surface area contributed by atoms with Crippen molar-refractivity contribution in [2.45, 2.75) is 6.54 Å². The van der Waals surface area contributed by atoms with Gasteiger partial charge in [0.1, 0.15) is 0 Å². The third-order valence-corrected chi connectivity index (χ3v) is 2.88. The molecule has 7 nitrogen and oxygen atoms in total. The molecule has 21 heavy (non-hydrogen) atoms. The van der Waals surface area contributed by atoms with Gasteiger partial charge in [-0.15, -0.1) is 0 Å². The number of aromatic nitrogens is 1. The number of carbonyl (C=O) groups excluding carboxylic acids is 1. The summed E-state index contributed by atoms with van der Waals surface area (Å²) in [6, 6.07) is 8.11. The standard InChI is InChI=1S/C14H13N3O4/c1-21-14(18)16-9-11-7-12(17(19)20)4-5-13(11)10-3-2-6-15-8-10/h2-8H,9H2,1H3,(H,16,18). The van der Waals surface area contributed by atoms with E-state index in [1.807, 2.05) is 6.07 Å². The highest BCUT2D eigenvalue weighted by atomic mass is 16.6.